The minimum absolute atomic E-state index is 0.103. The SMILES string of the molecule is Cc1ccc([N+](=O)[O-])cc1C(=O)N(C)c1ccc(O)cc1. The van der Waals surface area contributed by atoms with Crippen LogP contribution in [0.25, 0.3) is 0 Å². The van der Waals surface area contributed by atoms with Crippen molar-refractivity contribution in [3.05, 3.63) is 63.7 Å². The van der Waals surface area contributed by atoms with Crippen LogP contribution < -0.4 is 4.90 Å². The summed E-state index contributed by atoms with van der Waals surface area (Å²) < 4.78 is 0. The number of benzene rings is 2. The van der Waals surface area contributed by atoms with Crippen molar-refractivity contribution in [3.8, 4) is 5.75 Å². The number of nitro benzene ring substituents is 1. The third-order valence-corrected chi connectivity index (χ3v) is 3.20. The molecule has 0 fully saturated rings. The van der Waals surface area contributed by atoms with E-state index >= 15 is 0 Å². The van der Waals surface area contributed by atoms with Crippen LogP contribution in [0.15, 0.2) is 42.5 Å². The van der Waals surface area contributed by atoms with Gasteiger partial charge in [0.25, 0.3) is 11.6 Å². The lowest BCUT2D eigenvalue weighted by Gasteiger charge is -2.18. The van der Waals surface area contributed by atoms with Crippen LogP contribution in [0.5, 0.6) is 5.75 Å². The summed E-state index contributed by atoms with van der Waals surface area (Å²) in [5, 5.41) is 20.1. The molecule has 2 rings (SSSR count). The first-order chi connectivity index (χ1) is 9.90. The molecule has 2 aromatic carbocycles. The maximum absolute atomic E-state index is 12.5. The van der Waals surface area contributed by atoms with E-state index in [1.807, 2.05) is 0 Å². The van der Waals surface area contributed by atoms with Gasteiger partial charge in [0.15, 0.2) is 0 Å². The zero-order valence-corrected chi connectivity index (χ0v) is 11.6. The van der Waals surface area contributed by atoms with Gasteiger partial charge in [0, 0.05) is 30.4 Å². The van der Waals surface area contributed by atoms with Crippen molar-refractivity contribution in [1.82, 2.24) is 0 Å². The van der Waals surface area contributed by atoms with Gasteiger partial charge in [-0.2, -0.15) is 0 Å². The van der Waals surface area contributed by atoms with Crippen molar-refractivity contribution >= 4 is 17.3 Å². The van der Waals surface area contributed by atoms with Crippen LogP contribution in [0, 0.1) is 17.0 Å². The highest BCUT2D eigenvalue weighted by Gasteiger charge is 2.19. The number of aromatic hydroxyl groups is 1. The third kappa shape index (κ3) is 3.00. The normalized spacial score (nSPS) is 10.2. The highest BCUT2D eigenvalue weighted by atomic mass is 16.6. The largest absolute Gasteiger partial charge is 0.508 e. The number of hydrogen-bond acceptors (Lipinski definition) is 4. The molecule has 0 aliphatic rings. The molecule has 0 heterocycles. The summed E-state index contributed by atoms with van der Waals surface area (Å²) in [4.78, 5) is 24.1. The van der Waals surface area contributed by atoms with Gasteiger partial charge in [0.1, 0.15) is 5.75 Å². The molecular formula is C15H14N2O4. The summed E-state index contributed by atoms with van der Waals surface area (Å²) in [7, 11) is 1.58. The number of carbonyl (C=O) groups excluding carboxylic acids is 1. The first-order valence-corrected chi connectivity index (χ1v) is 6.22. The number of phenols is 1. The first kappa shape index (κ1) is 14.5. The van der Waals surface area contributed by atoms with Crippen LogP contribution in [0.4, 0.5) is 11.4 Å². The summed E-state index contributed by atoms with van der Waals surface area (Å²) in [5.74, 6) is -0.243. The van der Waals surface area contributed by atoms with Crippen LogP contribution in [0.1, 0.15) is 15.9 Å². The summed E-state index contributed by atoms with van der Waals surface area (Å²) in [6, 6.07) is 10.3. The average molecular weight is 286 g/mol. The second-order valence-corrected chi connectivity index (χ2v) is 4.64. The average Bonchev–Trinajstić information content (AvgIpc) is 2.47. The van der Waals surface area contributed by atoms with E-state index < -0.39 is 4.92 Å². The van der Waals surface area contributed by atoms with Crippen LogP contribution in [-0.4, -0.2) is 23.0 Å². The van der Waals surface area contributed by atoms with Crippen molar-refractivity contribution in [2.24, 2.45) is 0 Å². The second kappa shape index (κ2) is 5.62. The molecule has 108 valence electrons. The van der Waals surface area contributed by atoms with E-state index in [-0.39, 0.29) is 22.9 Å². The summed E-state index contributed by atoms with van der Waals surface area (Å²) in [5.41, 5.74) is 1.41. The number of anilines is 1. The van der Waals surface area contributed by atoms with Gasteiger partial charge in [-0.3, -0.25) is 14.9 Å². The number of rotatable bonds is 3. The molecule has 0 saturated heterocycles. The first-order valence-electron chi connectivity index (χ1n) is 6.22. The third-order valence-electron chi connectivity index (χ3n) is 3.20. The summed E-state index contributed by atoms with van der Waals surface area (Å²) in [6.07, 6.45) is 0. The van der Waals surface area contributed by atoms with Crippen molar-refractivity contribution in [3.63, 3.8) is 0 Å². The molecule has 0 aliphatic carbocycles. The van der Waals surface area contributed by atoms with E-state index in [9.17, 15) is 20.0 Å². The van der Waals surface area contributed by atoms with E-state index in [0.717, 1.165) is 0 Å². The molecule has 0 saturated carbocycles. The van der Waals surface area contributed by atoms with E-state index in [2.05, 4.69) is 0 Å². The highest BCUT2D eigenvalue weighted by Crippen LogP contribution is 2.22. The number of nitrogens with zero attached hydrogens (tertiary/aromatic N) is 2. The topological polar surface area (TPSA) is 83.7 Å². The summed E-state index contributed by atoms with van der Waals surface area (Å²) in [6.45, 7) is 1.72. The predicted molar refractivity (Wildman–Crippen MR) is 78.7 cm³/mol. The monoisotopic (exact) mass is 286 g/mol. The van der Waals surface area contributed by atoms with Crippen LogP contribution >= 0.6 is 0 Å². The molecular weight excluding hydrogens is 272 g/mol. The number of carbonyl (C=O) groups is 1. The Balaban J connectivity index is 2.37. The molecule has 6 heteroatoms. The Kier molecular flexibility index (Phi) is 3.89. The Hall–Kier alpha value is -2.89. The maximum atomic E-state index is 12.5. The number of phenolic OH excluding ortho intramolecular Hbond substituents is 1. The van der Waals surface area contributed by atoms with Gasteiger partial charge in [0.05, 0.1) is 4.92 Å². The van der Waals surface area contributed by atoms with E-state index in [4.69, 9.17) is 0 Å². The smallest absolute Gasteiger partial charge is 0.270 e. The van der Waals surface area contributed by atoms with Gasteiger partial charge >= 0.3 is 0 Å². The fraction of sp³-hybridized carbons (Fsp3) is 0.133. The zero-order valence-electron chi connectivity index (χ0n) is 11.6. The Labute approximate surface area is 121 Å². The molecule has 1 N–H and O–H groups in total. The van der Waals surface area contributed by atoms with Crippen LogP contribution in [-0.2, 0) is 0 Å². The molecule has 0 unspecified atom stereocenters. The Bertz CT molecular complexity index is 695. The minimum atomic E-state index is -0.531. The molecule has 0 bridgehead atoms. The van der Waals surface area contributed by atoms with Gasteiger partial charge in [-0.15, -0.1) is 0 Å². The fourth-order valence-corrected chi connectivity index (χ4v) is 1.93. The van der Waals surface area contributed by atoms with Crippen molar-refractivity contribution in [1.29, 1.82) is 0 Å². The summed E-state index contributed by atoms with van der Waals surface area (Å²) >= 11 is 0. The minimum Gasteiger partial charge on any atom is -0.508 e. The lowest BCUT2D eigenvalue weighted by molar-refractivity contribution is -0.384. The predicted octanol–water partition coefficient (Wildman–Crippen LogP) is 2.89. The lowest BCUT2D eigenvalue weighted by atomic mass is 10.1. The number of nitro groups is 1. The van der Waals surface area contributed by atoms with Crippen molar-refractivity contribution in [2.75, 3.05) is 11.9 Å². The van der Waals surface area contributed by atoms with Gasteiger partial charge < -0.3 is 10.0 Å². The maximum Gasteiger partial charge on any atom is 0.270 e. The van der Waals surface area contributed by atoms with Gasteiger partial charge in [0.2, 0.25) is 0 Å². The van der Waals surface area contributed by atoms with Gasteiger partial charge in [-0.05, 0) is 36.8 Å². The molecule has 0 aliphatic heterocycles. The van der Waals surface area contributed by atoms with Crippen LogP contribution in [0.3, 0.4) is 0 Å². The molecule has 21 heavy (non-hydrogen) atoms. The Morgan fingerprint density at radius 3 is 2.38 bits per heavy atom. The number of hydrogen-bond donors (Lipinski definition) is 1. The fourth-order valence-electron chi connectivity index (χ4n) is 1.93. The number of aryl methyl sites for hydroxylation is 1. The highest BCUT2D eigenvalue weighted by molar-refractivity contribution is 6.07. The van der Waals surface area contributed by atoms with Crippen molar-refractivity contribution in [2.45, 2.75) is 6.92 Å². The molecule has 6 nitrogen and oxygen atoms in total. The quantitative estimate of drug-likeness (QED) is 0.694. The second-order valence-electron chi connectivity index (χ2n) is 4.64. The van der Waals surface area contributed by atoms with Gasteiger partial charge in [-0.25, -0.2) is 0 Å². The zero-order chi connectivity index (χ0) is 15.6. The molecule has 0 radical (unpaired) electrons. The van der Waals surface area contributed by atoms with E-state index in [1.165, 1.54) is 29.2 Å². The standard InChI is InChI=1S/C15H14N2O4/c1-10-3-4-12(17(20)21)9-14(10)15(19)16(2)11-5-7-13(18)8-6-11/h3-9,18H,1-2H3. The molecule has 0 aromatic heterocycles. The van der Waals surface area contributed by atoms with Crippen LogP contribution in [0.2, 0.25) is 0 Å². The molecule has 2 aromatic rings. The molecule has 0 spiro atoms. The van der Waals surface area contributed by atoms with E-state index in [1.54, 1.807) is 32.2 Å². The van der Waals surface area contributed by atoms with E-state index in [0.29, 0.717) is 11.3 Å². The Morgan fingerprint density at radius 1 is 1.19 bits per heavy atom. The number of amides is 1. The van der Waals surface area contributed by atoms with Crippen molar-refractivity contribution < 1.29 is 14.8 Å². The lowest BCUT2D eigenvalue weighted by Crippen LogP contribution is -2.26. The number of non-ortho nitro benzene ring substituents is 1. The molecule has 1 amide bonds. The van der Waals surface area contributed by atoms with Gasteiger partial charge in [-0.1, -0.05) is 6.07 Å². The Morgan fingerprint density at radius 2 is 1.81 bits per heavy atom. The molecule has 0 atom stereocenters.